The van der Waals surface area contributed by atoms with Crippen molar-refractivity contribution >= 4 is 5.91 Å². The summed E-state index contributed by atoms with van der Waals surface area (Å²) >= 11 is 0. The van der Waals surface area contributed by atoms with Gasteiger partial charge in [-0.25, -0.2) is 0 Å². The molecule has 1 unspecified atom stereocenters. The largest absolute Gasteiger partial charge is 0.370 e. The SMILES string of the molecule is NCC(CC(N)=O)c1ccccc1. The molecule has 1 amide bonds. The van der Waals surface area contributed by atoms with Crippen LogP contribution in [0.5, 0.6) is 0 Å². The van der Waals surface area contributed by atoms with E-state index in [1.165, 1.54) is 0 Å². The van der Waals surface area contributed by atoms with Gasteiger partial charge in [-0.3, -0.25) is 4.79 Å². The summed E-state index contributed by atoms with van der Waals surface area (Å²) < 4.78 is 0. The number of rotatable bonds is 4. The third-order valence-electron chi connectivity index (χ3n) is 2.00. The molecule has 3 heteroatoms. The summed E-state index contributed by atoms with van der Waals surface area (Å²) in [6, 6.07) is 9.71. The van der Waals surface area contributed by atoms with E-state index < -0.39 is 0 Å². The Morgan fingerprint density at radius 2 is 1.92 bits per heavy atom. The summed E-state index contributed by atoms with van der Waals surface area (Å²) in [6.07, 6.45) is 0.320. The highest BCUT2D eigenvalue weighted by Gasteiger charge is 2.11. The Morgan fingerprint density at radius 1 is 1.31 bits per heavy atom. The average molecular weight is 178 g/mol. The van der Waals surface area contributed by atoms with Crippen LogP contribution in [0.3, 0.4) is 0 Å². The summed E-state index contributed by atoms with van der Waals surface area (Å²) in [5.74, 6) is -0.252. The normalized spacial score (nSPS) is 12.4. The fourth-order valence-electron chi connectivity index (χ4n) is 1.31. The minimum absolute atomic E-state index is 0.0544. The van der Waals surface area contributed by atoms with Crippen molar-refractivity contribution in [1.29, 1.82) is 0 Å². The molecule has 0 aliphatic carbocycles. The van der Waals surface area contributed by atoms with Crippen LogP contribution in [0.2, 0.25) is 0 Å². The van der Waals surface area contributed by atoms with E-state index in [2.05, 4.69) is 0 Å². The van der Waals surface area contributed by atoms with Crippen LogP contribution in [0.15, 0.2) is 30.3 Å². The standard InChI is InChI=1S/C10H14N2O/c11-7-9(6-10(12)13)8-4-2-1-3-5-8/h1-5,9H,6-7,11H2,(H2,12,13). The molecule has 0 aliphatic heterocycles. The predicted molar refractivity (Wildman–Crippen MR) is 52.0 cm³/mol. The minimum atomic E-state index is -0.306. The molecule has 13 heavy (non-hydrogen) atoms. The van der Waals surface area contributed by atoms with Crippen molar-refractivity contribution in [1.82, 2.24) is 0 Å². The molecule has 0 spiro atoms. The number of carbonyl (C=O) groups is 1. The fourth-order valence-corrected chi connectivity index (χ4v) is 1.31. The first-order valence-corrected chi connectivity index (χ1v) is 4.27. The Bertz CT molecular complexity index is 272. The molecule has 1 rings (SSSR count). The lowest BCUT2D eigenvalue weighted by molar-refractivity contribution is -0.118. The van der Waals surface area contributed by atoms with E-state index in [0.29, 0.717) is 13.0 Å². The molecule has 0 fully saturated rings. The zero-order valence-electron chi connectivity index (χ0n) is 7.44. The third kappa shape index (κ3) is 2.87. The van der Waals surface area contributed by atoms with E-state index in [1.807, 2.05) is 30.3 Å². The number of carbonyl (C=O) groups excluding carboxylic acids is 1. The predicted octanol–water partition coefficient (Wildman–Crippen LogP) is 0.604. The van der Waals surface area contributed by atoms with Gasteiger partial charge in [-0.05, 0) is 12.1 Å². The molecule has 3 nitrogen and oxygen atoms in total. The highest BCUT2D eigenvalue weighted by atomic mass is 16.1. The lowest BCUT2D eigenvalue weighted by Crippen LogP contribution is -2.20. The lowest BCUT2D eigenvalue weighted by atomic mass is 9.96. The Kier molecular flexibility index (Phi) is 3.46. The Labute approximate surface area is 77.7 Å². The lowest BCUT2D eigenvalue weighted by Gasteiger charge is -2.12. The van der Waals surface area contributed by atoms with E-state index in [4.69, 9.17) is 11.5 Å². The van der Waals surface area contributed by atoms with Gasteiger partial charge in [0.1, 0.15) is 0 Å². The summed E-state index contributed by atoms with van der Waals surface area (Å²) in [4.78, 5) is 10.7. The van der Waals surface area contributed by atoms with Crippen LogP contribution in [0.1, 0.15) is 17.9 Å². The van der Waals surface area contributed by atoms with Crippen LogP contribution < -0.4 is 11.5 Å². The molecule has 0 heterocycles. The second-order valence-corrected chi connectivity index (χ2v) is 3.01. The molecule has 0 saturated carbocycles. The van der Waals surface area contributed by atoms with E-state index in [1.54, 1.807) is 0 Å². The van der Waals surface area contributed by atoms with Crippen molar-refractivity contribution in [2.75, 3.05) is 6.54 Å². The highest BCUT2D eigenvalue weighted by Crippen LogP contribution is 2.17. The Hall–Kier alpha value is -1.35. The van der Waals surface area contributed by atoms with Gasteiger partial charge in [0.25, 0.3) is 0 Å². The quantitative estimate of drug-likeness (QED) is 0.709. The number of benzene rings is 1. The van der Waals surface area contributed by atoms with Gasteiger partial charge in [0, 0.05) is 12.3 Å². The topological polar surface area (TPSA) is 69.1 Å². The first-order chi connectivity index (χ1) is 6.24. The van der Waals surface area contributed by atoms with E-state index in [9.17, 15) is 4.79 Å². The molecule has 1 aromatic rings. The van der Waals surface area contributed by atoms with Crippen LogP contribution in [0, 0.1) is 0 Å². The Balaban J connectivity index is 2.73. The highest BCUT2D eigenvalue weighted by molar-refractivity contribution is 5.74. The van der Waals surface area contributed by atoms with Crippen molar-refractivity contribution in [2.45, 2.75) is 12.3 Å². The van der Waals surface area contributed by atoms with Crippen molar-refractivity contribution in [2.24, 2.45) is 11.5 Å². The molecule has 70 valence electrons. The molecular weight excluding hydrogens is 164 g/mol. The maximum atomic E-state index is 10.7. The fraction of sp³-hybridized carbons (Fsp3) is 0.300. The van der Waals surface area contributed by atoms with Crippen molar-refractivity contribution in [3.63, 3.8) is 0 Å². The zero-order chi connectivity index (χ0) is 9.68. The number of hydrogen-bond donors (Lipinski definition) is 2. The molecule has 0 radical (unpaired) electrons. The third-order valence-corrected chi connectivity index (χ3v) is 2.00. The summed E-state index contributed by atoms with van der Waals surface area (Å²) in [6.45, 7) is 0.451. The number of primary amides is 1. The van der Waals surface area contributed by atoms with Crippen LogP contribution in [0.4, 0.5) is 0 Å². The average Bonchev–Trinajstić information content (AvgIpc) is 2.15. The molecule has 0 aromatic heterocycles. The summed E-state index contributed by atoms with van der Waals surface area (Å²) in [7, 11) is 0. The second kappa shape index (κ2) is 4.62. The Morgan fingerprint density at radius 3 is 2.38 bits per heavy atom. The smallest absolute Gasteiger partial charge is 0.218 e. The van der Waals surface area contributed by atoms with Gasteiger partial charge in [-0.1, -0.05) is 30.3 Å². The monoisotopic (exact) mass is 178 g/mol. The van der Waals surface area contributed by atoms with Crippen LogP contribution in [0.25, 0.3) is 0 Å². The summed E-state index contributed by atoms with van der Waals surface area (Å²) in [5.41, 5.74) is 11.7. The molecule has 0 saturated heterocycles. The van der Waals surface area contributed by atoms with E-state index in [0.717, 1.165) is 5.56 Å². The van der Waals surface area contributed by atoms with Gasteiger partial charge >= 0.3 is 0 Å². The molecule has 0 aliphatic rings. The van der Waals surface area contributed by atoms with Crippen molar-refractivity contribution < 1.29 is 4.79 Å². The molecular formula is C10H14N2O. The molecule has 4 N–H and O–H groups in total. The molecule has 1 aromatic carbocycles. The van der Waals surface area contributed by atoms with Gasteiger partial charge in [-0.15, -0.1) is 0 Å². The van der Waals surface area contributed by atoms with Crippen LogP contribution >= 0.6 is 0 Å². The van der Waals surface area contributed by atoms with Crippen molar-refractivity contribution in [3.8, 4) is 0 Å². The number of hydrogen-bond acceptors (Lipinski definition) is 2. The van der Waals surface area contributed by atoms with Crippen molar-refractivity contribution in [3.05, 3.63) is 35.9 Å². The maximum Gasteiger partial charge on any atom is 0.218 e. The first kappa shape index (κ1) is 9.74. The minimum Gasteiger partial charge on any atom is -0.370 e. The molecule has 0 bridgehead atoms. The second-order valence-electron chi connectivity index (χ2n) is 3.01. The van der Waals surface area contributed by atoms with Gasteiger partial charge in [0.05, 0.1) is 0 Å². The van der Waals surface area contributed by atoms with Gasteiger partial charge in [-0.2, -0.15) is 0 Å². The van der Waals surface area contributed by atoms with Gasteiger partial charge < -0.3 is 11.5 Å². The maximum absolute atomic E-state index is 10.7. The molecule has 1 atom stereocenters. The zero-order valence-corrected chi connectivity index (χ0v) is 7.44. The van der Waals surface area contributed by atoms with E-state index in [-0.39, 0.29) is 11.8 Å². The van der Waals surface area contributed by atoms with Crippen LogP contribution in [-0.4, -0.2) is 12.5 Å². The van der Waals surface area contributed by atoms with Gasteiger partial charge in [0.2, 0.25) is 5.91 Å². The summed E-state index contributed by atoms with van der Waals surface area (Å²) in [5, 5.41) is 0. The van der Waals surface area contributed by atoms with Gasteiger partial charge in [0.15, 0.2) is 0 Å². The first-order valence-electron chi connectivity index (χ1n) is 4.27. The number of amides is 1. The van der Waals surface area contributed by atoms with Crippen LogP contribution in [-0.2, 0) is 4.79 Å². The number of nitrogens with two attached hydrogens (primary N) is 2. The van der Waals surface area contributed by atoms with E-state index >= 15 is 0 Å².